The van der Waals surface area contributed by atoms with Gasteiger partial charge in [0.05, 0.1) is 0 Å². The van der Waals surface area contributed by atoms with E-state index < -0.39 is 0 Å². The van der Waals surface area contributed by atoms with Gasteiger partial charge in [0.2, 0.25) is 0 Å². The van der Waals surface area contributed by atoms with Gasteiger partial charge in [0, 0.05) is 26.2 Å². The van der Waals surface area contributed by atoms with Gasteiger partial charge in [-0.2, -0.15) is 0 Å². The molecule has 182 valence electrons. The molecule has 0 unspecified atom stereocenters. The molecule has 0 amide bonds. The molecular weight excluding hydrogens is 420 g/mol. The van der Waals surface area contributed by atoms with E-state index in [-0.39, 0.29) is 11.2 Å². The highest BCUT2D eigenvalue weighted by atomic mass is 16.5. The van der Waals surface area contributed by atoms with Crippen LogP contribution in [0.1, 0.15) is 62.5 Å². The highest BCUT2D eigenvalue weighted by Gasteiger charge is 2.40. The number of likely N-dealkylation sites (tertiary alicyclic amines) is 2. The Kier molecular flexibility index (Phi) is 6.30. The number of unbranched alkanes of at least 4 members (excludes halogenated alkanes) is 1. The molecular formula is C30H40N2O2. The summed E-state index contributed by atoms with van der Waals surface area (Å²) in [7, 11) is 0. The number of piperidine rings is 2. The summed E-state index contributed by atoms with van der Waals surface area (Å²) in [6.07, 6.45) is 12.0. The average molecular weight is 461 g/mol. The lowest BCUT2D eigenvalue weighted by atomic mass is 9.83. The van der Waals surface area contributed by atoms with E-state index in [2.05, 4.69) is 58.3 Å². The van der Waals surface area contributed by atoms with Crippen molar-refractivity contribution in [3.63, 3.8) is 0 Å². The van der Waals surface area contributed by atoms with Gasteiger partial charge in [-0.05, 0) is 101 Å². The van der Waals surface area contributed by atoms with E-state index in [0.717, 1.165) is 11.5 Å². The maximum atomic E-state index is 6.54. The van der Waals surface area contributed by atoms with Crippen molar-refractivity contribution in [2.75, 3.05) is 39.3 Å². The van der Waals surface area contributed by atoms with Crippen LogP contribution >= 0.6 is 0 Å². The molecule has 2 aromatic carbocycles. The Bertz CT molecular complexity index is 894. The number of fused-ring (bicyclic) bond motifs is 2. The van der Waals surface area contributed by atoms with E-state index in [9.17, 15) is 0 Å². The standard InChI is InChI=1S/C30H40N2O2/c1-3-9-27-25(7-1)11-13-29(33-27)15-21-31(22-16-29)19-5-6-20-32-23-17-30(18-24-32)14-12-26-8-2-4-10-28(26)34-30/h1-4,7-10H,5-6,11-24H2. The summed E-state index contributed by atoms with van der Waals surface area (Å²) in [5.41, 5.74) is 2.96. The van der Waals surface area contributed by atoms with Crippen molar-refractivity contribution in [2.24, 2.45) is 0 Å². The number of ether oxygens (including phenoxy) is 2. The molecule has 4 aliphatic heterocycles. The minimum Gasteiger partial charge on any atom is -0.487 e. The van der Waals surface area contributed by atoms with Crippen molar-refractivity contribution in [3.8, 4) is 11.5 Å². The van der Waals surface area contributed by atoms with Gasteiger partial charge in [-0.1, -0.05) is 36.4 Å². The van der Waals surface area contributed by atoms with Gasteiger partial charge in [0.1, 0.15) is 22.7 Å². The molecule has 2 saturated heterocycles. The Morgan fingerprint density at radius 3 is 1.41 bits per heavy atom. The normalized spacial score (nSPS) is 23.6. The number of rotatable bonds is 5. The number of nitrogens with zero attached hydrogens (tertiary/aromatic N) is 2. The van der Waals surface area contributed by atoms with E-state index in [1.54, 1.807) is 0 Å². The third kappa shape index (κ3) is 4.72. The molecule has 0 aromatic heterocycles. The van der Waals surface area contributed by atoms with Crippen LogP contribution in [0.5, 0.6) is 11.5 Å². The van der Waals surface area contributed by atoms with Crippen molar-refractivity contribution >= 4 is 0 Å². The third-order valence-corrected chi connectivity index (χ3v) is 9.03. The van der Waals surface area contributed by atoms with Crippen molar-refractivity contribution in [2.45, 2.75) is 75.4 Å². The molecule has 4 aliphatic rings. The first-order valence-electron chi connectivity index (χ1n) is 13.7. The second-order valence-corrected chi connectivity index (χ2v) is 11.2. The molecule has 2 aromatic rings. The first-order valence-corrected chi connectivity index (χ1v) is 13.7. The topological polar surface area (TPSA) is 24.9 Å². The summed E-state index contributed by atoms with van der Waals surface area (Å²) >= 11 is 0. The predicted molar refractivity (Wildman–Crippen MR) is 137 cm³/mol. The van der Waals surface area contributed by atoms with E-state index in [1.165, 1.54) is 115 Å². The predicted octanol–water partition coefficient (Wildman–Crippen LogP) is 5.49. The largest absolute Gasteiger partial charge is 0.487 e. The van der Waals surface area contributed by atoms with Gasteiger partial charge in [0.25, 0.3) is 0 Å². The minimum atomic E-state index is 0.0936. The Morgan fingerprint density at radius 1 is 0.559 bits per heavy atom. The molecule has 0 radical (unpaired) electrons. The molecule has 34 heavy (non-hydrogen) atoms. The first kappa shape index (κ1) is 22.4. The molecule has 6 rings (SSSR count). The summed E-state index contributed by atoms with van der Waals surface area (Å²) < 4.78 is 13.1. The Balaban J connectivity index is 0.894. The molecule has 0 bridgehead atoms. The molecule has 2 spiro atoms. The van der Waals surface area contributed by atoms with Crippen LogP contribution in [0.2, 0.25) is 0 Å². The molecule has 0 aliphatic carbocycles. The van der Waals surface area contributed by atoms with Crippen LogP contribution in [-0.4, -0.2) is 60.3 Å². The lowest BCUT2D eigenvalue weighted by Gasteiger charge is -2.45. The summed E-state index contributed by atoms with van der Waals surface area (Å²) in [5.74, 6) is 2.27. The molecule has 2 fully saturated rings. The van der Waals surface area contributed by atoms with E-state index >= 15 is 0 Å². The lowest BCUT2D eigenvalue weighted by Crippen LogP contribution is -2.50. The van der Waals surface area contributed by atoms with Gasteiger partial charge < -0.3 is 19.3 Å². The third-order valence-electron chi connectivity index (χ3n) is 9.03. The van der Waals surface area contributed by atoms with Gasteiger partial charge >= 0.3 is 0 Å². The van der Waals surface area contributed by atoms with Gasteiger partial charge in [-0.25, -0.2) is 0 Å². The zero-order valence-electron chi connectivity index (χ0n) is 20.6. The SMILES string of the molecule is c1ccc2c(c1)CCC1(CCN(CCCCN3CCC4(CCc5ccccc5O4)CC3)CC1)O2. The van der Waals surface area contributed by atoms with E-state index in [1.807, 2.05) is 0 Å². The average Bonchev–Trinajstić information content (AvgIpc) is 2.89. The monoisotopic (exact) mass is 460 g/mol. The molecule has 4 heterocycles. The maximum absolute atomic E-state index is 6.54. The zero-order valence-corrected chi connectivity index (χ0v) is 20.6. The van der Waals surface area contributed by atoms with Crippen LogP contribution in [0.3, 0.4) is 0 Å². The zero-order chi connectivity index (χ0) is 22.8. The highest BCUT2D eigenvalue weighted by Crippen LogP contribution is 2.40. The molecule has 4 nitrogen and oxygen atoms in total. The fourth-order valence-electron chi connectivity index (χ4n) is 6.66. The van der Waals surface area contributed by atoms with Crippen molar-refractivity contribution < 1.29 is 9.47 Å². The summed E-state index contributed by atoms with van der Waals surface area (Å²) in [6, 6.07) is 17.2. The molecule has 0 atom stereocenters. The second kappa shape index (κ2) is 9.54. The number of hydrogen-bond donors (Lipinski definition) is 0. The quantitative estimate of drug-likeness (QED) is 0.551. The van der Waals surface area contributed by atoms with Gasteiger partial charge in [0.15, 0.2) is 0 Å². The van der Waals surface area contributed by atoms with Crippen molar-refractivity contribution in [1.82, 2.24) is 9.80 Å². The second-order valence-electron chi connectivity index (χ2n) is 11.2. The Morgan fingerprint density at radius 2 is 0.971 bits per heavy atom. The number of hydrogen-bond acceptors (Lipinski definition) is 4. The van der Waals surface area contributed by atoms with E-state index in [0.29, 0.717) is 0 Å². The van der Waals surface area contributed by atoms with Crippen LogP contribution in [-0.2, 0) is 12.8 Å². The lowest BCUT2D eigenvalue weighted by molar-refractivity contribution is -0.0178. The summed E-state index contributed by atoms with van der Waals surface area (Å²) in [4.78, 5) is 5.35. The molecule has 4 heteroatoms. The van der Waals surface area contributed by atoms with Crippen LogP contribution in [0.25, 0.3) is 0 Å². The van der Waals surface area contributed by atoms with Crippen LogP contribution in [0, 0.1) is 0 Å². The highest BCUT2D eigenvalue weighted by molar-refractivity contribution is 5.37. The van der Waals surface area contributed by atoms with Crippen molar-refractivity contribution in [3.05, 3.63) is 59.7 Å². The summed E-state index contributed by atoms with van der Waals surface area (Å²) in [5, 5.41) is 0. The Labute approximate surface area is 205 Å². The number of benzene rings is 2. The first-order chi connectivity index (χ1) is 16.7. The van der Waals surface area contributed by atoms with Crippen molar-refractivity contribution in [1.29, 1.82) is 0 Å². The maximum Gasteiger partial charge on any atom is 0.123 e. The summed E-state index contributed by atoms with van der Waals surface area (Å²) in [6.45, 7) is 7.23. The molecule has 0 saturated carbocycles. The van der Waals surface area contributed by atoms with Gasteiger partial charge in [-0.3, -0.25) is 0 Å². The van der Waals surface area contributed by atoms with Crippen LogP contribution < -0.4 is 9.47 Å². The van der Waals surface area contributed by atoms with Crippen LogP contribution in [0.4, 0.5) is 0 Å². The van der Waals surface area contributed by atoms with E-state index in [4.69, 9.17) is 9.47 Å². The Hall–Kier alpha value is -2.04. The van der Waals surface area contributed by atoms with Crippen LogP contribution in [0.15, 0.2) is 48.5 Å². The van der Waals surface area contributed by atoms with Gasteiger partial charge in [-0.15, -0.1) is 0 Å². The molecule has 0 N–H and O–H groups in total. The minimum absolute atomic E-state index is 0.0936. The number of aryl methyl sites for hydroxylation is 2. The fraction of sp³-hybridized carbons (Fsp3) is 0.600. The smallest absolute Gasteiger partial charge is 0.123 e. The fourth-order valence-corrected chi connectivity index (χ4v) is 6.66. The number of para-hydroxylation sites is 2.